The minimum absolute atomic E-state index is 0. The molecule has 12 rings (SSSR count). The largest absolute Gasteiger partial charge is 0.361 e. The highest BCUT2D eigenvalue weighted by molar-refractivity contribution is 5.82. The maximum absolute atomic E-state index is 12.5. The zero-order chi connectivity index (χ0) is 52.7. The summed E-state index contributed by atoms with van der Waals surface area (Å²) in [5, 5.41) is 12.0. The Kier molecular flexibility index (Phi) is 14.3. The first-order valence-electron chi connectivity index (χ1n) is 24.4. The average Bonchev–Trinajstić information content (AvgIpc) is 4.29. The van der Waals surface area contributed by atoms with Gasteiger partial charge in [0.1, 0.15) is 17.3 Å². The Hall–Kier alpha value is -9.45. The molecule has 18 heteroatoms. The summed E-state index contributed by atoms with van der Waals surface area (Å²) < 4.78 is 21.0. The van der Waals surface area contributed by atoms with E-state index in [4.69, 9.17) is 13.6 Å². The van der Waals surface area contributed by atoms with Gasteiger partial charge < -0.3 is 13.6 Å². The van der Waals surface area contributed by atoms with Crippen LogP contribution in [0.15, 0.2) is 156 Å². The number of aromatic nitrogens is 12. The Balaban J connectivity index is 0.000000138. The third-order valence-electron chi connectivity index (χ3n) is 13.7. The fourth-order valence-corrected chi connectivity index (χ4v) is 9.90. The maximum Gasteiger partial charge on any atom is 0.328 e. The van der Waals surface area contributed by atoms with E-state index < -0.39 is 0 Å². The van der Waals surface area contributed by atoms with E-state index >= 15 is 0 Å². The molecule has 12 aromatic rings. The molecule has 0 fully saturated rings. The number of rotatable bonds is 9. The predicted octanol–water partition coefficient (Wildman–Crippen LogP) is 11.5. The fourth-order valence-electron chi connectivity index (χ4n) is 9.90. The van der Waals surface area contributed by atoms with Gasteiger partial charge in [-0.3, -0.25) is 28.7 Å². The second-order valence-electron chi connectivity index (χ2n) is 18.5. The van der Waals surface area contributed by atoms with Gasteiger partial charge in [0.05, 0.1) is 51.8 Å². The van der Waals surface area contributed by atoms with E-state index in [0.717, 1.165) is 101 Å². The van der Waals surface area contributed by atoms with Crippen molar-refractivity contribution in [2.24, 2.45) is 0 Å². The first-order valence-corrected chi connectivity index (χ1v) is 24.4. The van der Waals surface area contributed by atoms with Gasteiger partial charge in [-0.15, -0.1) is 0 Å². The molecule has 76 heavy (non-hydrogen) atoms. The highest BCUT2D eigenvalue weighted by atomic mass is 16.5. The molecule has 0 saturated heterocycles. The van der Waals surface area contributed by atoms with Crippen LogP contribution in [0.5, 0.6) is 0 Å². The van der Waals surface area contributed by atoms with Crippen molar-refractivity contribution in [3.05, 3.63) is 210 Å². The van der Waals surface area contributed by atoms with Crippen LogP contribution in [0.2, 0.25) is 0 Å². The molecule has 0 aliphatic heterocycles. The number of nitrogens with zero attached hydrogens (tertiary/aromatic N) is 9. The molecule has 3 atom stereocenters. The first kappa shape index (κ1) is 51.5. The third-order valence-corrected chi connectivity index (χ3v) is 13.7. The topological polar surface area (TPSA) is 230 Å². The van der Waals surface area contributed by atoms with Crippen LogP contribution in [0.4, 0.5) is 0 Å². The minimum atomic E-state index is -0.172. The number of imidazole rings is 3. The molecule has 0 spiro atoms. The zero-order valence-electron chi connectivity index (χ0n) is 42.8. The lowest BCUT2D eigenvalue weighted by atomic mass is 10.1. The third kappa shape index (κ3) is 9.63. The number of aryl methyl sites for hydroxylation is 6. The van der Waals surface area contributed by atoms with Crippen molar-refractivity contribution in [1.82, 2.24) is 59.1 Å². The van der Waals surface area contributed by atoms with Crippen LogP contribution in [0.1, 0.15) is 97.4 Å². The molecule has 386 valence electrons. The van der Waals surface area contributed by atoms with Gasteiger partial charge in [-0.1, -0.05) is 114 Å². The monoisotopic (exact) mass is 1020 g/mol. The number of aromatic amines is 3. The van der Waals surface area contributed by atoms with Crippen molar-refractivity contribution in [1.29, 1.82) is 0 Å². The van der Waals surface area contributed by atoms with Crippen molar-refractivity contribution >= 4 is 33.5 Å². The number of nitrogens with one attached hydrogen (secondary N) is 3. The quantitative estimate of drug-likeness (QED) is 0.123. The number of fused-ring (bicyclic) bond motifs is 3. The maximum atomic E-state index is 12.5. The molecule has 9 aromatic heterocycles. The minimum Gasteiger partial charge on any atom is -0.361 e. The normalized spacial score (nSPS) is 12.4. The Morgan fingerprint density at radius 3 is 0.882 bits per heavy atom. The Bertz CT molecular complexity index is 3690. The Morgan fingerprint density at radius 2 is 0.658 bits per heavy atom. The van der Waals surface area contributed by atoms with Gasteiger partial charge in [0, 0.05) is 52.0 Å². The lowest BCUT2D eigenvalue weighted by molar-refractivity contribution is 0.393. The molecule has 18 nitrogen and oxygen atoms in total. The van der Waals surface area contributed by atoms with Crippen molar-refractivity contribution in [3.63, 3.8) is 0 Å². The van der Waals surface area contributed by atoms with Crippen LogP contribution in [0.25, 0.3) is 66.9 Å². The molecule has 0 radical (unpaired) electrons. The fraction of sp³-hybridized carbons (Fsp3) is 0.224. The lowest BCUT2D eigenvalue weighted by Crippen LogP contribution is -2.21. The van der Waals surface area contributed by atoms with E-state index in [1.165, 1.54) is 0 Å². The summed E-state index contributed by atoms with van der Waals surface area (Å²) in [6.45, 7) is 17.3. The highest BCUT2D eigenvalue weighted by Gasteiger charge is 2.22. The Morgan fingerprint density at radius 1 is 0.408 bits per heavy atom. The van der Waals surface area contributed by atoms with E-state index in [-0.39, 0.29) is 42.6 Å². The van der Waals surface area contributed by atoms with Crippen molar-refractivity contribution in [2.75, 3.05) is 0 Å². The summed E-state index contributed by atoms with van der Waals surface area (Å²) in [7, 11) is 0. The second kappa shape index (κ2) is 21.2. The molecule has 0 saturated carbocycles. The molecular formula is C58H58N12O6. The number of hydrogen-bond donors (Lipinski definition) is 3. The van der Waals surface area contributed by atoms with Crippen molar-refractivity contribution in [2.45, 2.75) is 87.9 Å². The summed E-state index contributed by atoms with van der Waals surface area (Å²) in [6.07, 6.45) is 5.22. The van der Waals surface area contributed by atoms with Crippen molar-refractivity contribution in [3.8, 4) is 33.4 Å². The van der Waals surface area contributed by atoms with E-state index in [1.807, 2.05) is 172 Å². The van der Waals surface area contributed by atoms with E-state index in [2.05, 4.69) is 45.4 Å². The van der Waals surface area contributed by atoms with Gasteiger partial charge in [-0.25, -0.2) is 29.3 Å². The van der Waals surface area contributed by atoms with Gasteiger partial charge in [0.2, 0.25) is 0 Å². The van der Waals surface area contributed by atoms with Gasteiger partial charge in [0.25, 0.3) is 0 Å². The van der Waals surface area contributed by atoms with Crippen molar-refractivity contribution < 1.29 is 13.6 Å². The summed E-state index contributed by atoms with van der Waals surface area (Å²) in [5.74, 6) is 2.21. The average molecular weight is 1020 g/mol. The van der Waals surface area contributed by atoms with Crippen LogP contribution < -0.4 is 17.1 Å². The molecule has 0 aliphatic rings. The predicted molar refractivity (Wildman–Crippen MR) is 293 cm³/mol. The number of pyridine rings is 3. The van der Waals surface area contributed by atoms with Gasteiger partial charge in [0.15, 0.2) is 16.9 Å². The summed E-state index contributed by atoms with van der Waals surface area (Å²) in [4.78, 5) is 59.4. The van der Waals surface area contributed by atoms with Crippen LogP contribution in [-0.4, -0.2) is 59.1 Å². The molecule has 0 amide bonds. The molecule has 0 bridgehead atoms. The summed E-state index contributed by atoms with van der Waals surface area (Å²) in [5.41, 5.74) is 14.5. The lowest BCUT2D eigenvalue weighted by Gasteiger charge is -2.14. The smallest absolute Gasteiger partial charge is 0.328 e. The number of hydrogen-bond acceptors (Lipinski definition) is 12. The molecular weight excluding hydrogens is 961 g/mol. The molecule has 0 aliphatic carbocycles. The summed E-state index contributed by atoms with van der Waals surface area (Å²) in [6, 6.07) is 35.4. The zero-order valence-corrected chi connectivity index (χ0v) is 42.8. The number of benzene rings is 3. The van der Waals surface area contributed by atoms with Gasteiger partial charge in [-0.05, 0) is 97.2 Å². The standard InChI is InChI=1S/3C19H18N4O2.CH4/c3*1-11-17(13(3)25-22-11)15-9-16-18(20-10-15)21-19(24)23(16)12(2)14-7-5-4-6-8-14;/h3*4-10,12H,1-3H3,(H,20,21,24);1H4. The van der Waals surface area contributed by atoms with E-state index in [9.17, 15) is 14.4 Å². The number of H-pyrrole nitrogens is 3. The molecule has 3 N–H and O–H groups in total. The second-order valence-corrected chi connectivity index (χ2v) is 18.5. The van der Waals surface area contributed by atoms with E-state index in [0.29, 0.717) is 16.9 Å². The highest BCUT2D eigenvalue weighted by Crippen LogP contribution is 2.33. The van der Waals surface area contributed by atoms with Crippen LogP contribution in [0.3, 0.4) is 0 Å². The summed E-state index contributed by atoms with van der Waals surface area (Å²) >= 11 is 0. The molecule has 3 unspecified atom stereocenters. The molecule has 3 aromatic carbocycles. The first-order chi connectivity index (χ1) is 36.2. The van der Waals surface area contributed by atoms with Crippen LogP contribution >= 0.6 is 0 Å². The van der Waals surface area contributed by atoms with Gasteiger partial charge in [-0.2, -0.15) is 0 Å². The van der Waals surface area contributed by atoms with Crippen LogP contribution in [0, 0.1) is 41.5 Å². The Labute approximate surface area is 436 Å². The van der Waals surface area contributed by atoms with E-state index in [1.54, 1.807) is 32.3 Å². The van der Waals surface area contributed by atoms with Gasteiger partial charge >= 0.3 is 17.1 Å². The SMILES string of the molecule is C.Cc1noc(C)c1-c1cnc2[nH]c(=O)n(C(C)c3ccccc3)c2c1.Cc1noc(C)c1-c1cnc2[nH]c(=O)n(C(C)c3ccccc3)c2c1.Cc1noc(C)c1-c1cnc2[nH]c(=O)n(C(C)c3ccccc3)c2c1. The molecule has 9 heterocycles. The van der Waals surface area contributed by atoms with Crippen LogP contribution in [-0.2, 0) is 0 Å².